The van der Waals surface area contributed by atoms with Crippen LogP contribution in [0.5, 0.6) is 0 Å². The molecule has 5 heteroatoms. The first-order chi connectivity index (χ1) is 9.16. The molecular formula is C14H10Cl2N2S. The lowest BCUT2D eigenvalue weighted by atomic mass is 10.1. The van der Waals surface area contributed by atoms with Gasteiger partial charge in [-0.3, -0.25) is 0 Å². The summed E-state index contributed by atoms with van der Waals surface area (Å²) in [5.41, 5.74) is 3.61. The second-order valence-corrected chi connectivity index (χ2v) is 5.76. The summed E-state index contributed by atoms with van der Waals surface area (Å²) in [6.45, 7) is 1.97. The van der Waals surface area contributed by atoms with E-state index in [1.807, 2.05) is 36.6 Å². The fourth-order valence-corrected chi connectivity index (χ4v) is 3.18. The van der Waals surface area contributed by atoms with Gasteiger partial charge < -0.3 is 4.98 Å². The first-order valence-electron chi connectivity index (χ1n) is 5.70. The summed E-state index contributed by atoms with van der Waals surface area (Å²) in [6, 6.07) is 7.50. The van der Waals surface area contributed by atoms with Crippen molar-refractivity contribution in [3.05, 3.63) is 50.8 Å². The minimum absolute atomic E-state index is 0.610. The lowest BCUT2D eigenvalue weighted by Gasteiger charge is -2.04. The molecule has 0 radical (unpaired) electrons. The van der Waals surface area contributed by atoms with Crippen molar-refractivity contribution in [1.82, 2.24) is 9.97 Å². The minimum Gasteiger partial charge on any atom is -0.342 e. The Bertz CT molecular complexity index is 697. The Kier molecular flexibility index (Phi) is 3.35. The summed E-state index contributed by atoms with van der Waals surface area (Å²) in [6.07, 6.45) is 0. The van der Waals surface area contributed by atoms with Crippen LogP contribution in [0.25, 0.3) is 22.6 Å². The predicted molar refractivity (Wildman–Crippen MR) is 82.1 cm³/mol. The Morgan fingerprint density at radius 1 is 1.16 bits per heavy atom. The molecule has 3 rings (SSSR count). The maximum atomic E-state index is 6.23. The van der Waals surface area contributed by atoms with Gasteiger partial charge in [-0.05, 0) is 30.5 Å². The number of H-pyrrole nitrogens is 1. The Morgan fingerprint density at radius 2 is 1.89 bits per heavy atom. The summed E-state index contributed by atoms with van der Waals surface area (Å²) in [4.78, 5) is 7.90. The number of thiophene rings is 1. The largest absolute Gasteiger partial charge is 0.342 e. The van der Waals surface area contributed by atoms with Crippen LogP contribution < -0.4 is 0 Å². The molecule has 0 bridgehead atoms. The number of imidazole rings is 1. The zero-order valence-electron chi connectivity index (χ0n) is 10.1. The Labute approximate surface area is 125 Å². The maximum Gasteiger partial charge on any atom is 0.139 e. The van der Waals surface area contributed by atoms with Crippen LogP contribution in [0.3, 0.4) is 0 Å². The van der Waals surface area contributed by atoms with E-state index < -0.39 is 0 Å². The fraction of sp³-hybridized carbons (Fsp3) is 0.0714. The Morgan fingerprint density at radius 3 is 2.53 bits per heavy atom. The lowest BCUT2D eigenvalue weighted by Crippen LogP contribution is -1.84. The normalized spacial score (nSPS) is 10.9. The standard InChI is InChI=1S/C14H10Cl2N2S/c1-8-13(12-10(15)3-2-4-11(12)16)18-14(17-8)9-5-6-19-7-9/h2-7H,1H3,(H,17,18). The summed E-state index contributed by atoms with van der Waals surface area (Å²) >= 11 is 14.1. The molecule has 0 spiro atoms. The SMILES string of the molecule is Cc1[nH]c(-c2ccsc2)nc1-c1c(Cl)cccc1Cl. The highest BCUT2D eigenvalue weighted by Gasteiger charge is 2.16. The highest BCUT2D eigenvalue weighted by atomic mass is 35.5. The molecule has 0 amide bonds. The van der Waals surface area contributed by atoms with Crippen molar-refractivity contribution in [2.24, 2.45) is 0 Å². The highest BCUT2D eigenvalue weighted by Crippen LogP contribution is 2.36. The number of aromatic nitrogens is 2. The molecule has 0 aliphatic heterocycles. The van der Waals surface area contributed by atoms with E-state index in [-0.39, 0.29) is 0 Å². The van der Waals surface area contributed by atoms with Gasteiger partial charge in [0, 0.05) is 22.2 Å². The average molecular weight is 309 g/mol. The van der Waals surface area contributed by atoms with E-state index in [0.717, 1.165) is 28.3 Å². The molecule has 0 saturated heterocycles. The maximum absolute atomic E-state index is 6.23. The van der Waals surface area contributed by atoms with Crippen molar-refractivity contribution in [2.75, 3.05) is 0 Å². The number of aryl methyl sites for hydroxylation is 1. The highest BCUT2D eigenvalue weighted by molar-refractivity contribution is 7.08. The van der Waals surface area contributed by atoms with Gasteiger partial charge in [0.15, 0.2) is 0 Å². The van der Waals surface area contributed by atoms with Crippen molar-refractivity contribution in [2.45, 2.75) is 6.92 Å². The molecule has 0 fully saturated rings. The van der Waals surface area contributed by atoms with Crippen LogP contribution in [0.2, 0.25) is 10.0 Å². The summed E-state index contributed by atoms with van der Waals surface area (Å²) in [7, 11) is 0. The zero-order valence-corrected chi connectivity index (χ0v) is 12.4. The second-order valence-electron chi connectivity index (χ2n) is 4.17. The Hall–Kier alpha value is -1.29. The van der Waals surface area contributed by atoms with E-state index in [1.165, 1.54) is 0 Å². The molecule has 0 unspecified atom stereocenters. The molecular weight excluding hydrogens is 299 g/mol. The number of nitrogens with zero attached hydrogens (tertiary/aromatic N) is 1. The molecule has 0 aliphatic rings. The van der Waals surface area contributed by atoms with E-state index in [0.29, 0.717) is 10.0 Å². The van der Waals surface area contributed by atoms with Crippen molar-refractivity contribution in [1.29, 1.82) is 0 Å². The third-order valence-electron chi connectivity index (χ3n) is 2.88. The van der Waals surface area contributed by atoms with Gasteiger partial charge in [-0.1, -0.05) is 29.3 Å². The van der Waals surface area contributed by atoms with E-state index in [4.69, 9.17) is 23.2 Å². The van der Waals surface area contributed by atoms with Crippen LogP contribution in [0.15, 0.2) is 35.0 Å². The molecule has 1 aromatic carbocycles. The number of benzene rings is 1. The van der Waals surface area contributed by atoms with Gasteiger partial charge in [0.2, 0.25) is 0 Å². The molecule has 2 aromatic heterocycles. The van der Waals surface area contributed by atoms with Crippen molar-refractivity contribution in [3.63, 3.8) is 0 Å². The van der Waals surface area contributed by atoms with E-state index in [1.54, 1.807) is 11.3 Å². The second kappa shape index (κ2) is 5.00. The van der Waals surface area contributed by atoms with Crippen LogP contribution in [-0.2, 0) is 0 Å². The molecule has 2 nitrogen and oxygen atoms in total. The number of rotatable bonds is 2. The third kappa shape index (κ3) is 2.29. The van der Waals surface area contributed by atoms with Gasteiger partial charge in [0.25, 0.3) is 0 Å². The monoisotopic (exact) mass is 308 g/mol. The van der Waals surface area contributed by atoms with Gasteiger partial charge in [0.05, 0.1) is 15.7 Å². The molecule has 3 aromatic rings. The van der Waals surface area contributed by atoms with Crippen LogP contribution in [0.1, 0.15) is 5.69 Å². The van der Waals surface area contributed by atoms with Gasteiger partial charge in [-0.15, -0.1) is 0 Å². The van der Waals surface area contributed by atoms with Gasteiger partial charge in [-0.25, -0.2) is 4.98 Å². The third-order valence-corrected chi connectivity index (χ3v) is 4.19. The topological polar surface area (TPSA) is 28.7 Å². The van der Waals surface area contributed by atoms with Crippen molar-refractivity contribution in [3.8, 4) is 22.6 Å². The minimum atomic E-state index is 0.610. The van der Waals surface area contributed by atoms with E-state index in [2.05, 4.69) is 15.3 Å². The molecule has 96 valence electrons. The first-order valence-corrected chi connectivity index (χ1v) is 7.40. The molecule has 19 heavy (non-hydrogen) atoms. The van der Waals surface area contributed by atoms with E-state index in [9.17, 15) is 0 Å². The van der Waals surface area contributed by atoms with Crippen LogP contribution in [-0.4, -0.2) is 9.97 Å². The molecule has 0 atom stereocenters. The predicted octanol–water partition coefficient (Wildman–Crippen LogP) is 5.42. The van der Waals surface area contributed by atoms with Gasteiger partial charge in [0.1, 0.15) is 5.82 Å². The number of aromatic amines is 1. The number of hydrogen-bond acceptors (Lipinski definition) is 2. The molecule has 2 heterocycles. The Balaban J connectivity index is 2.17. The van der Waals surface area contributed by atoms with E-state index >= 15 is 0 Å². The van der Waals surface area contributed by atoms with Crippen LogP contribution in [0.4, 0.5) is 0 Å². The summed E-state index contributed by atoms with van der Waals surface area (Å²) < 4.78 is 0. The lowest BCUT2D eigenvalue weighted by molar-refractivity contribution is 1.26. The average Bonchev–Trinajstić information content (AvgIpc) is 2.99. The molecule has 1 N–H and O–H groups in total. The molecule has 0 saturated carbocycles. The summed E-state index contributed by atoms with van der Waals surface area (Å²) in [5.74, 6) is 0.838. The van der Waals surface area contributed by atoms with Crippen LogP contribution >= 0.6 is 34.5 Å². The number of nitrogens with one attached hydrogen (secondary N) is 1. The number of hydrogen-bond donors (Lipinski definition) is 1. The number of halogens is 2. The molecule has 0 aliphatic carbocycles. The summed E-state index contributed by atoms with van der Waals surface area (Å²) in [5, 5.41) is 5.30. The van der Waals surface area contributed by atoms with Crippen LogP contribution in [0, 0.1) is 6.92 Å². The van der Waals surface area contributed by atoms with Gasteiger partial charge >= 0.3 is 0 Å². The zero-order chi connectivity index (χ0) is 13.4. The van der Waals surface area contributed by atoms with Gasteiger partial charge in [-0.2, -0.15) is 11.3 Å². The fourth-order valence-electron chi connectivity index (χ4n) is 1.96. The quantitative estimate of drug-likeness (QED) is 0.672. The van der Waals surface area contributed by atoms with Crippen molar-refractivity contribution >= 4 is 34.5 Å². The van der Waals surface area contributed by atoms with Crippen molar-refractivity contribution < 1.29 is 0 Å². The first kappa shape index (κ1) is 12.7. The smallest absolute Gasteiger partial charge is 0.139 e.